The molecular weight excluding hydrogens is 232 g/mol. The molecular formula is C10H13ClN2O3. The van der Waals surface area contributed by atoms with E-state index in [1.54, 1.807) is 26.8 Å². The molecule has 1 N–H and O–H groups in total. The van der Waals surface area contributed by atoms with Gasteiger partial charge in [-0.15, -0.1) is 0 Å². The predicted octanol–water partition coefficient (Wildman–Crippen LogP) is 2.21. The molecule has 1 heterocycles. The standard InChI is InChI=1S/C10H13ClN2O3/c1-10(2,3)16-9(14)12-8-6-4-5-7(11)13(8)15/h4-6,15H,1-3H3/b12-8+. The minimum atomic E-state index is -0.780. The zero-order valence-electron chi connectivity index (χ0n) is 9.27. The third-order valence-corrected chi connectivity index (χ3v) is 1.78. The van der Waals surface area contributed by atoms with Crippen molar-refractivity contribution < 1.29 is 14.7 Å². The molecule has 0 aliphatic heterocycles. The highest BCUT2D eigenvalue weighted by molar-refractivity contribution is 6.29. The molecule has 5 nitrogen and oxygen atoms in total. The van der Waals surface area contributed by atoms with Crippen LogP contribution in [0.1, 0.15) is 20.8 Å². The fourth-order valence-corrected chi connectivity index (χ4v) is 1.09. The predicted molar refractivity (Wildman–Crippen MR) is 58.4 cm³/mol. The van der Waals surface area contributed by atoms with E-state index >= 15 is 0 Å². The van der Waals surface area contributed by atoms with Crippen LogP contribution in [0.5, 0.6) is 0 Å². The monoisotopic (exact) mass is 244 g/mol. The fourth-order valence-electron chi connectivity index (χ4n) is 0.927. The van der Waals surface area contributed by atoms with Crippen LogP contribution in [0, 0.1) is 0 Å². The number of hydrogen-bond donors (Lipinski definition) is 1. The van der Waals surface area contributed by atoms with Gasteiger partial charge in [-0.2, -0.15) is 9.72 Å². The van der Waals surface area contributed by atoms with E-state index in [4.69, 9.17) is 16.3 Å². The average molecular weight is 245 g/mol. The number of carbonyl (C=O) groups is 1. The van der Waals surface area contributed by atoms with Gasteiger partial charge in [-0.05, 0) is 32.9 Å². The first-order valence-electron chi connectivity index (χ1n) is 4.64. The molecule has 0 saturated carbocycles. The first-order chi connectivity index (χ1) is 7.29. The minimum Gasteiger partial charge on any atom is -0.442 e. The van der Waals surface area contributed by atoms with Crippen LogP contribution in [0.25, 0.3) is 0 Å². The molecule has 0 fully saturated rings. The van der Waals surface area contributed by atoms with Crippen LogP contribution < -0.4 is 5.49 Å². The van der Waals surface area contributed by atoms with Gasteiger partial charge in [0.25, 0.3) is 0 Å². The maximum Gasteiger partial charge on any atom is 0.436 e. The number of hydrogen-bond acceptors (Lipinski definition) is 3. The summed E-state index contributed by atoms with van der Waals surface area (Å²) in [6, 6.07) is 4.48. The summed E-state index contributed by atoms with van der Waals surface area (Å²) < 4.78 is 5.57. The van der Waals surface area contributed by atoms with Gasteiger partial charge in [0.1, 0.15) is 10.8 Å². The Kier molecular flexibility index (Phi) is 3.59. The van der Waals surface area contributed by atoms with Crippen LogP contribution in [0.2, 0.25) is 5.15 Å². The molecule has 0 saturated heterocycles. The van der Waals surface area contributed by atoms with E-state index in [-0.39, 0.29) is 10.6 Å². The fraction of sp³-hybridized carbons (Fsp3) is 0.400. The van der Waals surface area contributed by atoms with Gasteiger partial charge in [-0.25, -0.2) is 4.79 Å². The highest BCUT2D eigenvalue weighted by atomic mass is 35.5. The summed E-state index contributed by atoms with van der Waals surface area (Å²) in [5.74, 6) is 0. The number of carbonyl (C=O) groups excluding carboxylic acids is 1. The topological polar surface area (TPSA) is 63.8 Å². The van der Waals surface area contributed by atoms with E-state index in [1.807, 2.05) is 0 Å². The number of pyridine rings is 1. The molecule has 0 bridgehead atoms. The summed E-state index contributed by atoms with van der Waals surface area (Å²) in [6.45, 7) is 5.18. The first-order valence-corrected chi connectivity index (χ1v) is 5.02. The second-order valence-corrected chi connectivity index (χ2v) is 4.50. The van der Waals surface area contributed by atoms with Crippen molar-refractivity contribution in [2.24, 2.45) is 4.99 Å². The first kappa shape index (κ1) is 12.6. The molecule has 1 aromatic rings. The Morgan fingerprint density at radius 2 is 2.12 bits per heavy atom. The maximum atomic E-state index is 11.3. The Bertz CT molecular complexity index is 460. The number of halogens is 1. The number of amides is 1. The van der Waals surface area contributed by atoms with Crippen molar-refractivity contribution in [2.45, 2.75) is 26.4 Å². The largest absolute Gasteiger partial charge is 0.442 e. The van der Waals surface area contributed by atoms with Gasteiger partial charge in [-0.1, -0.05) is 17.7 Å². The molecule has 0 aromatic carbocycles. The van der Waals surface area contributed by atoms with Crippen molar-refractivity contribution in [1.29, 1.82) is 0 Å². The van der Waals surface area contributed by atoms with Crippen LogP contribution in [0.15, 0.2) is 23.2 Å². The highest BCUT2D eigenvalue weighted by Gasteiger charge is 2.15. The molecule has 0 aliphatic rings. The number of aromatic nitrogens is 1. The van der Waals surface area contributed by atoms with Gasteiger partial charge >= 0.3 is 6.09 Å². The normalized spacial score (nSPS) is 12.6. The van der Waals surface area contributed by atoms with Crippen molar-refractivity contribution in [3.8, 4) is 0 Å². The van der Waals surface area contributed by atoms with Gasteiger partial charge in [0, 0.05) is 0 Å². The number of nitrogens with zero attached hydrogens (tertiary/aromatic N) is 2. The Labute approximate surface area is 97.9 Å². The summed E-state index contributed by atoms with van der Waals surface area (Å²) in [7, 11) is 0. The number of rotatable bonds is 0. The highest BCUT2D eigenvalue weighted by Crippen LogP contribution is 2.07. The van der Waals surface area contributed by atoms with Crippen LogP contribution in [0.4, 0.5) is 4.79 Å². The van der Waals surface area contributed by atoms with Gasteiger partial charge in [0.15, 0.2) is 5.49 Å². The lowest BCUT2D eigenvalue weighted by atomic mass is 10.2. The molecule has 1 amide bonds. The molecule has 0 spiro atoms. The van der Waals surface area contributed by atoms with Gasteiger partial charge in [0.2, 0.25) is 0 Å². The Balaban J connectivity index is 3.01. The van der Waals surface area contributed by atoms with Gasteiger partial charge in [0.05, 0.1) is 0 Å². The Morgan fingerprint density at radius 1 is 1.50 bits per heavy atom. The van der Waals surface area contributed by atoms with Crippen LogP contribution >= 0.6 is 11.6 Å². The molecule has 0 unspecified atom stereocenters. The molecule has 6 heteroatoms. The lowest BCUT2D eigenvalue weighted by molar-refractivity contribution is 0.0587. The molecule has 0 atom stereocenters. The third-order valence-electron chi connectivity index (χ3n) is 1.50. The lowest BCUT2D eigenvalue weighted by Crippen LogP contribution is -2.26. The minimum absolute atomic E-state index is 0.0155. The van der Waals surface area contributed by atoms with Crippen molar-refractivity contribution in [1.82, 2.24) is 4.73 Å². The van der Waals surface area contributed by atoms with Crippen molar-refractivity contribution in [3.05, 3.63) is 28.8 Å². The summed E-state index contributed by atoms with van der Waals surface area (Å²) in [4.78, 5) is 14.9. The number of ether oxygens (including phenoxy) is 1. The van der Waals surface area contributed by atoms with Crippen LogP contribution in [-0.2, 0) is 4.74 Å². The second-order valence-electron chi connectivity index (χ2n) is 4.11. The molecule has 0 aliphatic carbocycles. The summed E-state index contributed by atoms with van der Waals surface area (Å²) >= 11 is 5.63. The molecule has 1 aromatic heterocycles. The smallest absolute Gasteiger partial charge is 0.436 e. The van der Waals surface area contributed by atoms with E-state index in [0.29, 0.717) is 4.73 Å². The van der Waals surface area contributed by atoms with Crippen molar-refractivity contribution >= 4 is 17.7 Å². The third kappa shape index (κ3) is 3.58. The quantitative estimate of drug-likeness (QED) is 0.562. The van der Waals surface area contributed by atoms with E-state index in [1.165, 1.54) is 12.1 Å². The molecule has 1 rings (SSSR count). The van der Waals surface area contributed by atoms with E-state index in [2.05, 4.69) is 4.99 Å². The molecule has 88 valence electrons. The summed E-state index contributed by atoms with van der Waals surface area (Å²) in [5, 5.41) is 9.49. The Hall–Kier alpha value is -1.49. The molecule has 16 heavy (non-hydrogen) atoms. The average Bonchev–Trinajstić information content (AvgIpc) is 2.09. The van der Waals surface area contributed by atoms with E-state index in [9.17, 15) is 10.0 Å². The van der Waals surface area contributed by atoms with Crippen molar-refractivity contribution in [3.63, 3.8) is 0 Å². The van der Waals surface area contributed by atoms with Gasteiger partial charge in [-0.3, -0.25) is 0 Å². The summed E-state index contributed by atoms with van der Waals surface area (Å²) in [5.41, 5.74) is -0.610. The van der Waals surface area contributed by atoms with E-state index < -0.39 is 11.7 Å². The zero-order chi connectivity index (χ0) is 12.3. The van der Waals surface area contributed by atoms with Crippen molar-refractivity contribution in [2.75, 3.05) is 0 Å². The SMILES string of the molecule is CC(C)(C)OC(=O)/N=c1\cccc(Cl)n1O. The van der Waals surface area contributed by atoms with E-state index in [0.717, 1.165) is 0 Å². The van der Waals surface area contributed by atoms with Gasteiger partial charge < -0.3 is 9.94 Å². The molecule has 0 radical (unpaired) electrons. The summed E-state index contributed by atoms with van der Waals surface area (Å²) in [6.07, 6.45) is -0.780. The van der Waals surface area contributed by atoms with Crippen LogP contribution in [0.3, 0.4) is 0 Å². The second kappa shape index (κ2) is 4.57. The lowest BCUT2D eigenvalue weighted by Gasteiger charge is -2.17. The maximum absolute atomic E-state index is 11.3. The Morgan fingerprint density at radius 3 is 2.69 bits per heavy atom. The van der Waals surface area contributed by atoms with Crippen LogP contribution in [-0.4, -0.2) is 21.6 Å². The zero-order valence-corrected chi connectivity index (χ0v) is 10.0.